The molecule has 0 saturated carbocycles. The number of aryl methyl sites for hydroxylation is 1. The van der Waals surface area contributed by atoms with Crippen LogP contribution in [0.2, 0.25) is 0 Å². The Labute approximate surface area is 150 Å². The molecule has 1 unspecified atom stereocenters. The van der Waals surface area contributed by atoms with E-state index < -0.39 is 12.6 Å². The summed E-state index contributed by atoms with van der Waals surface area (Å²) in [4.78, 5) is 6.40. The van der Waals surface area contributed by atoms with Gasteiger partial charge in [0.05, 0.1) is 30.0 Å². The van der Waals surface area contributed by atoms with Gasteiger partial charge in [-0.1, -0.05) is 5.21 Å². The highest BCUT2D eigenvalue weighted by Gasteiger charge is 2.26. The lowest BCUT2D eigenvalue weighted by Gasteiger charge is -2.37. The zero-order valence-corrected chi connectivity index (χ0v) is 14.6. The summed E-state index contributed by atoms with van der Waals surface area (Å²) in [6.45, 7) is 1.71. The number of aromatic nitrogens is 4. The minimum Gasteiger partial charge on any atom is -0.490 e. The number of halogens is 3. The quantitative estimate of drug-likeness (QED) is 0.670. The monoisotopic (exact) mass is 369 g/mol. The number of likely N-dealkylation sites (N-methyl/N-ethyl adjacent to an activating group) is 1. The molecule has 0 aliphatic carbocycles. The van der Waals surface area contributed by atoms with Gasteiger partial charge in [-0.25, -0.2) is 4.68 Å². The molecule has 1 fully saturated rings. The van der Waals surface area contributed by atoms with Gasteiger partial charge in [-0.3, -0.25) is 9.88 Å². The summed E-state index contributed by atoms with van der Waals surface area (Å²) in [5.41, 5.74) is 1.37. The van der Waals surface area contributed by atoms with Crippen LogP contribution >= 0.6 is 0 Å². The third kappa shape index (κ3) is 5.17. The molecule has 142 valence electrons. The summed E-state index contributed by atoms with van der Waals surface area (Å²) >= 11 is 0. The molecule has 0 N–H and O–H groups in total. The maximum Gasteiger partial charge on any atom is 0.389 e. The predicted molar refractivity (Wildman–Crippen MR) is 89.3 cm³/mol. The fourth-order valence-corrected chi connectivity index (χ4v) is 2.76. The molecule has 1 aliphatic rings. The van der Waals surface area contributed by atoms with Gasteiger partial charge in [0.1, 0.15) is 12.4 Å². The first-order valence-corrected chi connectivity index (χ1v) is 8.67. The second-order valence-electron chi connectivity index (χ2n) is 6.59. The fraction of sp³-hybridized carbons (Fsp3) is 0.588. The number of ether oxygens (including phenoxy) is 1. The maximum atomic E-state index is 12.2. The third-order valence-corrected chi connectivity index (χ3v) is 4.53. The smallest absolute Gasteiger partial charge is 0.389 e. The number of unbranched alkanes of at least 4 members (excludes halogenated alkanes) is 1. The highest BCUT2D eigenvalue weighted by Crippen LogP contribution is 2.23. The van der Waals surface area contributed by atoms with Crippen molar-refractivity contribution >= 4 is 0 Å². The molecule has 0 radical (unpaired) electrons. The van der Waals surface area contributed by atoms with E-state index in [1.807, 2.05) is 6.07 Å². The van der Waals surface area contributed by atoms with Gasteiger partial charge < -0.3 is 4.74 Å². The van der Waals surface area contributed by atoms with E-state index in [1.54, 1.807) is 23.3 Å². The van der Waals surface area contributed by atoms with Gasteiger partial charge in [-0.15, -0.1) is 5.10 Å². The lowest BCUT2D eigenvalue weighted by molar-refractivity contribution is -0.135. The van der Waals surface area contributed by atoms with Gasteiger partial charge in [-0.05, 0) is 39.3 Å². The molecule has 26 heavy (non-hydrogen) atoms. The summed E-state index contributed by atoms with van der Waals surface area (Å²) < 4.78 is 43.8. The Morgan fingerprint density at radius 3 is 2.81 bits per heavy atom. The van der Waals surface area contributed by atoms with E-state index >= 15 is 0 Å². The van der Waals surface area contributed by atoms with Crippen LogP contribution in [0, 0.1) is 0 Å². The second-order valence-corrected chi connectivity index (χ2v) is 6.59. The summed E-state index contributed by atoms with van der Waals surface area (Å²) in [6.07, 6.45) is 2.26. The van der Waals surface area contributed by atoms with Crippen LogP contribution in [-0.2, 0) is 6.42 Å². The molecular formula is C17H22F3N5O. The number of hydrogen-bond acceptors (Lipinski definition) is 5. The average Bonchev–Trinajstić information content (AvgIpc) is 3.06. The third-order valence-electron chi connectivity index (χ3n) is 4.53. The van der Waals surface area contributed by atoms with Crippen LogP contribution in [0.5, 0.6) is 5.75 Å². The molecule has 0 amide bonds. The molecule has 0 aromatic carbocycles. The van der Waals surface area contributed by atoms with Crippen molar-refractivity contribution in [1.29, 1.82) is 0 Å². The number of rotatable bonds is 8. The van der Waals surface area contributed by atoms with Crippen molar-refractivity contribution in [3.8, 4) is 11.4 Å². The molecule has 9 heteroatoms. The minimum absolute atomic E-state index is 0.0941. The topological polar surface area (TPSA) is 56.1 Å². The van der Waals surface area contributed by atoms with Gasteiger partial charge in [0.15, 0.2) is 0 Å². The second kappa shape index (κ2) is 8.03. The van der Waals surface area contributed by atoms with Crippen molar-refractivity contribution < 1.29 is 17.9 Å². The summed E-state index contributed by atoms with van der Waals surface area (Å²) in [6, 6.07) is 2.27. The largest absolute Gasteiger partial charge is 0.490 e. The van der Waals surface area contributed by atoms with Crippen LogP contribution in [0.3, 0.4) is 0 Å². The van der Waals surface area contributed by atoms with Gasteiger partial charge in [0.2, 0.25) is 0 Å². The Morgan fingerprint density at radius 1 is 1.27 bits per heavy atom. The van der Waals surface area contributed by atoms with E-state index in [0.29, 0.717) is 42.6 Å². The van der Waals surface area contributed by atoms with E-state index in [2.05, 4.69) is 27.2 Å². The van der Waals surface area contributed by atoms with Gasteiger partial charge >= 0.3 is 6.18 Å². The zero-order chi connectivity index (χ0) is 18.6. The molecule has 0 spiro atoms. The normalized spacial score (nSPS) is 17.9. The van der Waals surface area contributed by atoms with Crippen molar-refractivity contribution in [3.05, 3.63) is 30.4 Å². The van der Waals surface area contributed by atoms with E-state index in [-0.39, 0.29) is 6.42 Å². The Bertz CT molecular complexity index is 718. The number of nitrogens with zero attached hydrogens (tertiary/aromatic N) is 5. The van der Waals surface area contributed by atoms with E-state index in [9.17, 15) is 13.2 Å². The highest BCUT2D eigenvalue weighted by atomic mass is 19.4. The summed E-state index contributed by atoms with van der Waals surface area (Å²) in [5, 5.41) is 8.05. The molecule has 6 nitrogen and oxygen atoms in total. The lowest BCUT2D eigenvalue weighted by atomic mass is 10.1. The van der Waals surface area contributed by atoms with Crippen molar-refractivity contribution in [2.75, 3.05) is 20.2 Å². The van der Waals surface area contributed by atoms with E-state index in [1.165, 1.54) is 0 Å². The zero-order valence-electron chi connectivity index (χ0n) is 14.6. The van der Waals surface area contributed by atoms with Gasteiger partial charge in [-0.2, -0.15) is 13.2 Å². The average molecular weight is 369 g/mol. The van der Waals surface area contributed by atoms with Crippen molar-refractivity contribution in [3.63, 3.8) is 0 Å². The maximum absolute atomic E-state index is 12.2. The SMILES string of the molecule is CN1CCC1COc1cncc(-n2cc(CCCCC(F)(F)F)nn2)c1. The molecule has 1 atom stereocenters. The predicted octanol–water partition coefficient (Wildman–Crippen LogP) is 3.02. The van der Waals surface area contributed by atoms with Crippen LogP contribution in [0.25, 0.3) is 5.69 Å². The standard InChI is InChI=1S/C17H22F3N5O/c1-24-7-5-14(24)12-26-16-8-15(9-21-10-16)25-11-13(22-23-25)4-2-3-6-17(18,19)20/h8-11,14H,2-7,12H2,1H3. The number of alkyl halides is 3. The molecule has 3 rings (SSSR count). The van der Waals surface area contributed by atoms with Crippen LogP contribution in [-0.4, -0.2) is 57.3 Å². The first kappa shape index (κ1) is 18.6. The Hall–Kier alpha value is -2.16. The molecule has 3 heterocycles. The van der Waals surface area contributed by atoms with Gasteiger partial charge in [0, 0.05) is 18.5 Å². The Balaban J connectivity index is 1.52. The van der Waals surface area contributed by atoms with Gasteiger partial charge in [0.25, 0.3) is 0 Å². The van der Waals surface area contributed by atoms with Crippen LogP contribution < -0.4 is 4.74 Å². The molecule has 2 aromatic heterocycles. The van der Waals surface area contributed by atoms with Crippen molar-refractivity contribution in [2.24, 2.45) is 0 Å². The van der Waals surface area contributed by atoms with E-state index in [0.717, 1.165) is 13.0 Å². The molecule has 0 bridgehead atoms. The molecule has 1 aliphatic heterocycles. The number of likely N-dealkylation sites (tertiary alicyclic amines) is 1. The summed E-state index contributed by atoms with van der Waals surface area (Å²) in [5.74, 6) is 0.657. The van der Waals surface area contributed by atoms with Crippen LogP contribution in [0.1, 0.15) is 31.4 Å². The van der Waals surface area contributed by atoms with Crippen molar-refractivity contribution in [1.82, 2.24) is 24.9 Å². The van der Waals surface area contributed by atoms with Crippen LogP contribution in [0.15, 0.2) is 24.7 Å². The molecule has 1 saturated heterocycles. The Kier molecular flexibility index (Phi) is 5.75. The van der Waals surface area contributed by atoms with Crippen LogP contribution in [0.4, 0.5) is 13.2 Å². The van der Waals surface area contributed by atoms with Crippen molar-refractivity contribution in [2.45, 2.75) is 44.3 Å². The minimum atomic E-state index is -4.10. The molecule has 2 aromatic rings. The molecular weight excluding hydrogens is 347 g/mol. The highest BCUT2D eigenvalue weighted by molar-refractivity contribution is 5.34. The number of hydrogen-bond donors (Lipinski definition) is 0. The lowest BCUT2D eigenvalue weighted by Crippen LogP contribution is -2.48. The fourth-order valence-electron chi connectivity index (χ4n) is 2.76. The number of pyridine rings is 1. The summed E-state index contributed by atoms with van der Waals surface area (Å²) in [7, 11) is 2.07. The first-order valence-electron chi connectivity index (χ1n) is 8.67. The first-order chi connectivity index (χ1) is 12.4. The van der Waals surface area contributed by atoms with E-state index in [4.69, 9.17) is 4.74 Å². The Morgan fingerprint density at radius 2 is 2.12 bits per heavy atom.